The van der Waals surface area contributed by atoms with E-state index in [1.807, 2.05) is 6.92 Å². The molecule has 1 aliphatic rings. The maximum absolute atomic E-state index is 4.32. The van der Waals surface area contributed by atoms with Gasteiger partial charge in [-0.15, -0.1) is 0 Å². The van der Waals surface area contributed by atoms with Gasteiger partial charge in [0.1, 0.15) is 0 Å². The Morgan fingerprint density at radius 3 is 2.67 bits per heavy atom. The number of rotatable bonds is 0. The molecule has 1 heterocycles. The highest BCUT2D eigenvalue weighted by Gasteiger charge is 2.03. The van der Waals surface area contributed by atoms with Crippen LogP contribution in [0.1, 0.15) is 13.3 Å². The number of nitrogens with zero attached hydrogens (tertiary/aromatic N) is 1. The third-order valence-corrected chi connectivity index (χ3v) is 2.34. The fraction of sp³-hybridized carbons (Fsp3) is 0.429. The average molecular weight is 141 g/mol. The van der Waals surface area contributed by atoms with Crippen LogP contribution in [0.2, 0.25) is 0 Å². The highest BCUT2D eigenvalue weighted by Crippen LogP contribution is 2.19. The van der Waals surface area contributed by atoms with E-state index < -0.39 is 0 Å². The van der Waals surface area contributed by atoms with Crippen molar-refractivity contribution in [3.63, 3.8) is 0 Å². The fourth-order valence-corrected chi connectivity index (χ4v) is 1.41. The molecule has 1 aliphatic heterocycles. The van der Waals surface area contributed by atoms with E-state index in [9.17, 15) is 0 Å². The van der Waals surface area contributed by atoms with E-state index in [0.29, 0.717) is 0 Å². The molecule has 9 heavy (non-hydrogen) atoms. The number of hydrogen-bond acceptors (Lipinski definition) is 1. The Morgan fingerprint density at radius 1 is 1.78 bits per heavy atom. The summed E-state index contributed by atoms with van der Waals surface area (Å²) in [4.78, 5) is 4.32. The molecule has 2 heteroatoms. The molecule has 0 saturated heterocycles. The van der Waals surface area contributed by atoms with Gasteiger partial charge in [0.2, 0.25) is 0 Å². The van der Waals surface area contributed by atoms with Crippen molar-refractivity contribution in [1.29, 1.82) is 0 Å². The van der Waals surface area contributed by atoms with E-state index in [0.717, 1.165) is 12.1 Å². The second-order valence-electron chi connectivity index (χ2n) is 2.19. The first-order valence-corrected chi connectivity index (χ1v) is 4.70. The van der Waals surface area contributed by atoms with Crippen LogP contribution < -0.4 is 0 Å². The van der Waals surface area contributed by atoms with Crippen LogP contribution in [0.3, 0.4) is 0 Å². The van der Waals surface area contributed by atoms with Gasteiger partial charge in [-0.05, 0) is 13.2 Å². The van der Waals surface area contributed by atoms with Crippen molar-refractivity contribution in [2.75, 3.05) is 6.26 Å². The van der Waals surface area contributed by atoms with E-state index >= 15 is 0 Å². The molecule has 0 bridgehead atoms. The lowest BCUT2D eigenvalue weighted by molar-refractivity contribution is 1.34. The molecule has 1 atom stereocenters. The Hall–Kier alpha value is -0.370. The Labute approximate surface area is 58.4 Å². The van der Waals surface area contributed by atoms with Gasteiger partial charge in [-0.1, -0.05) is 11.9 Å². The molecule has 0 radical (unpaired) electrons. The molecule has 0 aromatic heterocycles. The monoisotopic (exact) mass is 141 g/mol. The van der Waals surface area contributed by atoms with Gasteiger partial charge < -0.3 is 0 Å². The molecule has 1 nitrogen and oxygen atoms in total. The highest BCUT2D eigenvalue weighted by molar-refractivity contribution is 8.26. The topological polar surface area (TPSA) is 12.4 Å². The van der Waals surface area contributed by atoms with Gasteiger partial charge >= 0.3 is 0 Å². The minimum absolute atomic E-state index is 0.136. The molecular weight excluding hydrogens is 130 g/mol. The van der Waals surface area contributed by atoms with Crippen LogP contribution in [0.25, 0.3) is 0 Å². The van der Waals surface area contributed by atoms with Crippen molar-refractivity contribution in [3.05, 3.63) is 11.8 Å². The summed E-state index contributed by atoms with van der Waals surface area (Å²) in [6.07, 6.45) is 5.27. The van der Waals surface area contributed by atoms with E-state index in [1.165, 1.54) is 5.04 Å². The molecule has 0 aromatic carbocycles. The third kappa shape index (κ3) is 1.52. The van der Waals surface area contributed by atoms with Crippen molar-refractivity contribution < 1.29 is 0 Å². The molecule has 1 unspecified atom stereocenters. The second-order valence-corrected chi connectivity index (χ2v) is 3.94. The Kier molecular flexibility index (Phi) is 1.86. The normalized spacial score (nSPS) is 21.1. The van der Waals surface area contributed by atoms with Gasteiger partial charge in [0, 0.05) is 12.1 Å². The predicted molar refractivity (Wildman–Crippen MR) is 46.4 cm³/mol. The molecule has 0 aliphatic carbocycles. The minimum Gasteiger partial charge on any atom is -0.252 e. The first-order valence-electron chi connectivity index (χ1n) is 2.90. The summed E-state index contributed by atoms with van der Waals surface area (Å²) < 4.78 is 0. The van der Waals surface area contributed by atoms with Crippen molar-refractivity contribution >= 4 is 21.4 Å². The molecule has 0 aromatic rings. The van der Waals surface area contributed by atoms with E-state index in [4.69, 9.17) is 0 Å². The summed E-state index contributed by atoms with van der Waals surface area (Å²) in [7, 11) is 0.136. The molecule has 0 fully saturated rings. The zero-order chi connectivity index (χ0) is 6.85. The van der Waals surface area contributed by atoms with E-state index in [1.54, 1.807) is 0 Å². The maximum atomic E-state index is 4.32. The lowest BCUT2D eigenvalue weighted by Crippen LogP contribution is -1.85. The Balaban J connectivity index is 2.71. The Morgan fingerprint density at radius 2 is 2.44 bits per heavy atom. The predicted octanol–water partition coefficient (Wildman–Crippen LogP) is 2.02. The summed E-state index contributed by atoms with van der Waals surface area (Å²) in [5.74, 6) is 3.92. The third-order valence-electron chi connectivity index (χ3n) is 1.28. The lowest BCUT2D eigenvalue weighted by atomic mass is 10.4. The van der Waals surface area contributed by atoms with Crippen LogP contribution in [0.15, 0.2) is 16.8 Å². The minimum atomic E-state index is 0.136. The van der Waals surface area contributed by atoms with Crippen LogP contribution >= 0.6 is 10.5 Å². The standard InChI is InChI=1S/C7H11NS/c1-6-4-5-7(8-6)9(2)3/h4H,2,5H2,1,3H3. The molecule has 0 N–H and O–H groups in total. The molecular formula is C7H11NS. The van der Waals surface area contributed by atoms with E-state index in [2.05, 4.69) is 23.2 Å². The van der Waals surface area contributed by atoms with Crippen molar-refractivity contribution in [2.24, 2.45) is 4.99 Å². The SMILES string of the molecule is C=S(C)C1=NC(C)=CC1. The molecule has 0 amide bonds. The summed E-state index contributed by atoms with van der Waals surface area (Å²) in [6, 6.07) is 0. The highest BCUT2D eigenvalue weighted by atomic mass is 32.2. The van der Waals surface area contributed by atoms with Crippen LogP contribution in [0.4, 0.5) is 0 Å². The second kappa shape index (κ2) is 2.48. The summed E-state index contributed by atoms with van der Waals surface area (Å²) >= 11 is 0. The maximum Gasteiger partial charge on any atom is 0.0711 e. The first kappa shape index (κ1) is 6.75. The average Bonchev–Trinajstić information content (AvgIpc) is 2.14. The molecule has 0 saturated carbocycles. The largest absolute Gasteiger partial charge is 0.252 e. The van der Waals surface area contributed by atoms with E-state index in [-0.39, 0.29) is 10.5 Å². The zero-order valence-electron chi connectivity index (χ0n) is 5.85. The van der Waals surface area contributed by atoms with Gasteiger partial charge in [0.25, 0.3) is 0 Å². The molecule has 0 spiro atoms. The molecule has 1 rings (SSSR count). The van der Waals surface area contributed by atoms with Gasteiger partial charge in [0.15, 0.2) is 0 Å². The van der Waals surface area contributed by atoms with Crippen molar-refractivity contribution in [1.82, 2.24) is 0 Å². The fourth-order valence-electron chi connectivity index (χ4n) is 0.743. The van der Waals surface area contributed by atoms with Gasteiger partial charge in [-0.2, -0.15) is 10.5 Å². The smallest absolute Gasteiger partial charge is 0.0711 e. The van der Waals surface area contributed by atoms with Crippen LogP contribution in [-0.4, -0.2) is 17.2 Å². The van der Waals surface area contributed by atoms with Gasteiger partial charge in [0.05, 0.1) is 5.04 Å². The lowest BCUT2D eigenvalue weighted by Gasteiger charge is -1.95. The van der Waals surface area contributed by atoms with Crippen LogP contribution in [-0.2, 0) is 0 Å². The number of hydrogen-bond donors (Lipinski definition) is 0. The van der Waals surface area contributed by atoms with Crippen LogP contribution in [0.5, 0.6) is 0 Å². The Bertz CT molecular complexity index is 201. The summed E-state index contributed by atoms with van der Waals surface area (Å²) in [6.45, 7) is 2.03. The quantitative estimate of drug-likeness (QED) is 0.458. The van der Waals surface area contributed by atoms with Crippen LogP contribution in [0, 0.1) is 0 Å². The summed E-state index contributed by atoms with van der Waals surface area (Å²) in [5.41, 5.74) is 1.15. The molecule has 50 valence electrons. The first-order chi connectivity index (χ1) is 4.20. The zero-order valence-corrected chi connectivity index (χ0v) is 6.66. The van der Waals surface area contributed by atoms with Crippen molar-refractivity contribution in [2.45, 2.75) is 13.3 Å². The number of allylic oxidation sites excluding steroid dienone is 2. The van der Waals surface area contributed by atoms with Gasteiger partial charge in [-0.25, -0.2) is 0 Å². The summed E-state index contributed by atoms with van der Waals surface area (Å²) in [5, 5.41) is 1.24. The van der Waals surface area contributed by atoms with Gasteiger partial charge in [-0.3, -0.25) is 4.99 Å². The van der Waals surface area contributed by atoms with Crippen molar-refractivity contribution in [3.8, 4) is 0 Å². The number of aliphatic imine (C=N–C) groups is 1.